The van der Waals surface area contributed by atoms with Crippen LogP contribution in [0.3, 0.4) is 0 Å². The van der Waals surface area contributed by atoms with Gasteiger partial charge in [0.2, 0.25) is 5.91 Å². The number of nitrogens with one attached hydrogen (secondary N) is 1. The summed E-state index contributed by atoms with van der Waals surface area (Å²) in [6.07, 6.45) is 5.20. The molecule has 0 radical (unpaired) electrons. The van der Waals surface area contributed by atoms with Crippen LogP contribution in [0.25, 0.3) is 11.0 Å². The van der Waals surface area contributed by atoms with E-state index in [0.717, 1.165) is 40.7 Å². The summed E-state index contributed by atoms with van der Waals surface area (Å²) in [7, 11) is 0. The predicted molar refractivity (Wildman–Crippen MR) is 102 cm³/mol. The number of carbonyl (C=O) groups excluding carboxylic acids is 1. The lowest BCUT2D eigenvalue weighted by Crippen LogP contribution is -2.28. The molecule has 0 bridgehead atoms. The summed E-state index contributed by atoms with van der Waals surface area (Å²) in [5, 5.41) is 13.6. The zero-order valence-corrected chi connectivity index (χ0v) is 16.0. The molecule has 2 heterocycles. The molecule has 6 nitrogen and oxygen atoms in total. The van der Waals surface area contributed by atoms with Gasteiger partial charge in [-0.15, -0.1) is 11.3 Å². The van der Waals surface area contributed by atoms with Crippen molar-refractivity contribution in [3.63, 3.8) is 0 Å². The van der Waals surface area contributed by atoms with Crippen LogP contribution >= 0.6 is 11.3 Å². The lowest BCUT2D eigenvalue weighted by atomic mass is 10.0. The summed E-state index contributed by atoms with van der Waals surface area (Å²) in [4.78, 5) is 28.2. The Kier molecular flexibility index (Phi) is 4.47. The van der Waals surface area contributed by atoms with Crippen molar-refractivity contribution in [2.24, 2.45) is 0 Å². The van der Waals surface area contributed by atoms with Crippen LogP contribution in [0.1, 0.15) is 56.4 Å². The Morgan fingerprint density at radius 1 is 1.33 bits per heavy atom. The lowest BCUT2D eigenvalue weighted by molar-refractivity contribution is -0.121. The molecule has 0 aliphatic heterocycles. The molecule has 140 valence electrons. The van der Waals surface area contributed by atoms with E-state index >= 15 is 0 Å². The third-order valence-corrected chi connectivity index (χ3v) is 6.30. The van der Waals surface area contributed by atoms with E-state index < -0.39 is 5.97 Å². The summed E-state index contributed by atoms with van der Waals surface area (Å²) < 4.78 is 5.65. The molecule has 0 spiro atoms. The SMILES string of the molecule is Cc1nc(C(C)NC(=O)Cc2coc3cc4c(cc23)CCC4)sc1C(=O)O. The van der Waals surface area contributed by atoms with Gasteiger partial charge in [0.15, 0.2) is 0 Å². The van der Waals surface area contributed by atoms with Crippen molar-refractivity contribution in [2.75, 3.05) is 0 Å². The smallest absolute Gasteiger partial charge is 0.347 e. The van der Waals surface area contributed by atoms with Crippen LogP contribution in [0.5, 0.6) is 0 Å². The fraction of sp³-hybridized carbons (Fsp3) is 0.350. The average molecular weight is 384 g/mol. The zero-order valence-electron chi connectivity index (χ0n) is 15.2. The van der Waals surface area contributed by atoms with E-state index in [1.165, 1.54) is 17.5 Å². The maximum Gasteiger partial charge on any atom is 0.347 e. The second-order valence-electron chi connectivity index (χ2n) is 6.97. The van der Waals surface area contributed by atoms with Gasteiger partial charge >= 0.3 is 5.97 Å². The highest BCUT2D eigenvalue weighted by Crippen LogP contribution is 2.30. The first-order valence-corrected chi connectivity index (χ1v) is 9.76. The number of carbonyl (C=O) groups is 2. The molecule has 1 unspecified atom stereocenters. The van der Waals surface area contributed by atoms with Crippen molar-refractivity contribution >= 4 is 34.2 Å². The highest BCUT2D eigenvalue weighted by atomic mass is 32.1. The topological polar surface area (TPSA) is 92.4 Å². The molecule has 1 aliphatic carbocycles. The molecule has 4 rings (SSSR count). The predicted octanol–water partition coefficient (Wildman–Crippen LogP) is 3.80. The summed E-state index contributed by atoms with van der Waals surface area (Å²) in [5.74, 6) is -1.14. The molecule has 27 heavy (non-hydrogen) atoms. The number of hydrogen-bond acceptors (Lipinski definition) is 5. The standard InChI is InChI=1S/C20H20N2O4S/c1-10-18(20(24)25)27-19(22-10)11(2)21-17(23)8-14-9-26-16-7-13-5-3-4-12(13)6-15(14)16/h6-7,9,11H,3-5,8H2,1-2H3,(H,21,23)(H,24,25). The Morgan fingerprint density at radius 3 is 2.78 bits per heavy atom. The van der Waals surface area contributed by atoms with Crippen molar-refractivity contribution in [3.8, 4) is 0 Å². The highest BCUT2D eigenvalue weighted by Gasteiger charge is 2.21. The molecule has 1 amide bonds. The van der Waals surface area contributed by atoms with Crippen molar-refractivity contribution in [1.82, 2.24) is 10.3 Å². The Morgan fingerprint density at radius 2 is 2.07 bits per heavy atom. The van der Waals surface area contributed by atoms with Crippen molar-refractivity contribution < 1.29 is 19.1 Å². The number of hydrogen-bond donors (Lipinski definition) is 2. The third kappa shape index (κ3) is 3.35. The minimum atomic E-state index is -0.993. The zero-order chi connectivity index (χ0) is 19.1. The van der Waals surface area contributed by atoms with E-state index in [9.17, 15) is 9.59 Å². The number of carboxylic acid groups (broad SMARTS) is 1. The minimum absolute atomic E-state index is 0.143. The monoisotopic (exact) mass is 384 g/mol. The number of fused-ring (bicyclic) bond motifs is 2. The van der Waals surface area contributed by atoms with Crippen molar-refractivity contribution in [1.29, 1.82) is 0 Å². The second-order valence-corrected chi connectivity index (χ2v) is 8.00. The minimum Gasteiger partial charge on any atom is -0.477 e. The number of aryl methyl sites for hydroxylation is 3. The van der Waals surface area contributed by atoms with Gasteiger partial charge in [-0.2, -0.15) is 0 Å². The molecular weight excluding hydrogens is 364 g/mol. The molecule has 7 heteroatoms. The third-order valence-electron chi connectivity index (χ3n) is 4.97. The van der Waals surface area contributed by atoms with Gasteiger partial charge in [-0.25, -0.2) is 9.78 Å². The second kappa shape index (κ2) is 6.81. The Hall–Kier alpha value is -2.67. The van der Waals surface area contributed by atoms with Gasteiger partial charge in [0.25, 0.3) is 0 Å². The van der Waals surface area contributed by atoms with Gasteiger partial charge in [0, 0.05) is 10.9 Å². The van der Waals surface area contributed by atoms with E-state index in [1.807, 2.05) is 6.92 Å². The van der Waals surface area contributed by atoms with E-state index in [4.69, 9.17) is 9.52 Å². The summed E-state index contributed by atoms with van der Waals surface area (Å²) in [6, 6.07) is 3.89. The summed E-state index contributed by atoms with van der Waals surface area (Å²) >= 11 is 1.10. The van der Waals surface area contributed by atoms with E-state index in [0.29, 0.717) is 10.7 Å². The maximum absolute atomic E-state index is 12.5. The molecule has 0 saturated carbocycles. The number of aromatic carboxylic acids is 1. The summed E-state index contributed by atoms with van der Waals surface area (Å²) in [5.41, 5.74) is 4.85. The van der Waals surface area contributed by atoms with Crippen LogP contribution in [-0.2, 0) is 24.1 Å². The van der Waals surface area contributed by atoms with Gasteiger partial charge in [-0.05, 0) is 56.4 Å². The fourth-order valence-corrected chi connectivity index (χ4v) is 4.52. The number of nitrogens with zero attached hydrogens (tertiary/aromatic N) is 1. The van der Waals surface area contributed by atoms with E-state index in [1.54, 1.807) is 13.2 Å². The molecule has 2 N–H and O–H groups in total. The Labute approximate surface area is 160 Å². The maximum atomic E-state index is 12.5. The van der Waals surface area contributed by atoms with Crippen LogP contribution in [0.15, 0.2) is 22.8 Å². The molecule has 1 aliphatic rings. The number of carboxylic acids is 1. The Balaban J connectivity index is 1.49. The fourth-order valence-electron chi connectivity index (χ4n) is 3.61. The normalized spacial score (nSPS) is 14.3. The van der Waals surface area contributed by atoms with E-state index in [2.05, 4.69) is 22.4 Å². The van der Waals surface area contributed by atoms with Gasteiger partial charge in [0.1, 0.15) is 15.5 Å². The number of amides is 1. The number of furan rings is 1. The summed E-state index contributed by atoms with van der Waals surface area (Å²) in [6.45, 7) is 3.47. The first-order valence-electron chi connectivity index (χ1n) is 8.94. The van der Waals surface area contributed by atoms with E-state index in [-0.39, 0.29) is 23.2 Å². The highest BCUT2D eigenvalue weighted by molar-refractivity contribution is 7.13. The Bertz CT molecular complexity index is 1050. The molecule has 1 aromatic carbocycles. The molecule has 3 aromatic rings. The largest absolute Gasteiger partial charge is 0.477 e. The van der Waals surface area contributed by atoms with Crippen LogP contribution in [-0.4, -0.2) is 22.0 Å². The number of thiazole rings is 1. The van der Waals surface area contributed by atoms with Gasteiger partial charge in [-0.1, -0.05) is 0 Å². The quantitative estimate of drug-likeness (QED) is 0.698. The average Bonchev–Trinajstić information content (AvgIpc) is 3.31. The molecular formula is C20H20N2O4S. The number of rotatable bonds is 5. The van der Waals surface area contributed by atoms with Gasteiger partial charge < -0.3 is 14.8 Å². The van der Waals surface area contributed by atoms with Crippen LogP contribution in [0, 0.1) is 6.92 Å². The number of benzene rings is 1. The van der Waals surface area contributed by atoms with Gasteiger partial charge in [-0.3, -0.25) is 4.79 Å². The first kappa shape index (κ1) is 17.7. The molecule has 0 saturated heterocycles. The molecule has 1 atom stereocenters. The molecule has 0 fully saturated rings. The first-order chi connectivity index (χ1) is 12.9. The molecule has 2 aromatic heterocycles. The van der Waals surface area contributed by atoms with Crippen LogP contribution in [0.2, 0.25) is 0 Å². The van der Waals surface area contributed by atoms with Gasteiger partial charge in [0.05, 0.1) is 24.4 Å². The van der Waals surface area contributed by atoms with Crippen LogP contribution < -0.4 is 5.32 Å². The van der Waals surface area contributed by atoms with Crippen molar-refractivity contribution in [3.05, 3.63) is 50.7 Å². The number of aromatic nitrogens is 1. The van der Waals surface area contributed by atoms with Crippen molar-refractivity contribution in [2.45, 2.75) is 45.6 Å². The lowest BCUT2D eigenvalue weighted by Gasteiger charge is -2.11. The van der Waals surface area contributed by atoms with Crippen LogP contribution in [0.4, 0.5) is 0 Å².